The molecule has 4 rings (SSSR count). The standard InChI is InChI=1S/C19H17ClN4O2/c20-14-5-6-15-18(11-14)23(16-3-1-2-4-17(16)24(25)26)12-19(15)7-9-22(13-21)10-8-19/h1-6,11H,7-10,12H2. The van der Waals surface area contributed by atoms with E-state index in [1.165, 1.54) is 6.07 Å². The summed E-state index contributed by atoms with van der Waals surface area (Å²) in [5, 5.41) is 21.3. The van der Waals surface area contributed by atoms with Crippen molar-refractivity contribution >= 4 is 28.7 Å². The van der Waals surface area contributed by atoms with Crippen LogP contribution in [0.2, 0.25) is 5.02 Å². The van der Waals surface area contributed by atoms with E-state index < -0.39 is 0 Å². The molecule has 2 aromatic carbocycles. The van der Waals surface area contributed by atoms with Crippen LogP contribution >= 0.6 is 11.6 Å². The second-order valence-electron chi connectivity index (χ2n) is 6.86. The van der Waals surface area contributed by atoms with E-state index in [9.17, 15) is 10.1 Å². The first kappa shape index (κ1) is 16.7. The molecule has 0 radical (unpaired) electrons. The van der Waals surface area contributed by atoms with Gasteiger partial charge in [0.25, 0.3) is 5.69 Å². The molecule has 0 saturated carbocycles. The van der Waals surface area contributed by atoms with Gasteiger partial charge in [0.1, 0.15) is 5.69 Å². The second-order valence-corrected chi connectivity index (χ2v) is 7.30. The SMILES string of the molecule is N#CN1CCC2(CC1)CN(c1ccccc1[N+](=O)[O-])c1cc(Cl)ccc12. The third-order valence-electron chi connectivity index (χ3n) is 5.51. The molecule has 0 N–H and O–H groups in total. The number of nitro groups is 1. The fraction of sp³-hybridized carbons (Fsp3) is 0.316. The molecule has 0 aromatic heterocycles. The van der Waals surface area contributed by atoms with Crippen molar-refractivity contribution in [1.29, 1.82) is 5.26 Å². The van der Waals surface area contributed by atoms with Crippen LogP contribution in [0.1, 0.15) is 18.4 Å². The first-order valence-corrected chi connectivity index (χ1v) is 8.87. The smallest absolute Gasteiger partial charge is 0.292 e. The van der Waals surface area contributed by atoms with Crippen molar-refractivity contribution in [1.82, 2.24) is 4.90 Å². The lowest BCUT2D eigenvalue weighted by atomic mass is 9.74. The van der Waals surface area contributed by atoms with Crippen LogP contribution in [-0.2, 0) is 5.41 Å². The van der Waals surface area contributed by atoms with E-state index in [-0.39, 0.29) is 16.0 Å². The summed E-state index contributed by atoms with van der Waals surface area (Å²) >= 11 is 6.24. The number of likely N-dealkylation sites (tertiary alicyclic amines) is 1. The zero-order valence-electron chi connectivity index (χ0n) is 14.1. The van der Waals surface area contributed by atoms with E-state index in [4.69, 9.17) is 16.9 Å². The third-order valence-corrected chi connectivity index (χ3v) is 5.75. The Balaban J connectivity index is 1.81. The lowest BCUT2D eigenvalue weighted by Crippen LogP contribution is -2.43. The number of rotatable bonds is 2. The highest BCUT2D eigenvalue weighted by Gasteiger charge is 2.46. The van der Waals surface area contributed by atoms with Gasteiger partial charge in [0.2, 0.25) is 0 Å². The molecule has 1 fully saturated rings. The lowest BCUT2D eigenvalue weighted by molar-refractivity contribution is -0.384. The van der Waals surface area contributed by atoms with E-state index >= 15 is 0 Å². The Hall–Kier alpha value is -2.78. The summed E-state index contributed by atoms with van der Waals surface area (Å²) in [6.45, 7) is 2.05. The summed E-state index contributed by atoms with van der Waals surface area (Å²) in [7, 11) is 0. The number of nitriles is 1. The number of nitrogens with zero attached hydrogens (tertiary/aromatic N) is 4. The number of hydrogen-bond donors (Lipinski definition) is 0. The van der Waals surface area contributed by atoms with Gasteiger partial charge in [-0.1, -0.05) is 29.8 Å². The van der Waals surface area contributed by atoms with E-state index in [0.29, 0.717) is 30.3 Å². The molecule has 0 amide bonds. The zero-order chi connectivity index (χ0) is 18.3. The van der Waals surface area contributed by atoms with E-state index in [2.05, 4.69) is 6.19 Å². The van der Waals surface area contributed by atoms with Gasteiger partial charge in [0, 0.05) is 41.8 Å². The molecule has 26 heavy (non-hydrogen) atoms. The van der Waals surface area contributed by atoms with Crippen LogP contribution in [0.3, 0.4) is 0 Å². The van der Waals surface area contributed by atoms with Crippen LogP contribution in [0.15, 0.2) is 42.5 Å². The van der Waals surface area contributed by atoms with Crippen molar-refractivity contribution in [3.05, 3.63) is 63.2 Å². The van der Waals surface area contributed by atoms with Crippen molar-refractivity contribution < 1.29 is 4.92 Å². The van der Waals surface area contributed by atoms with Crippen LogP contribution < -0.4 is 4.90 Å². The number of anilines is 2. The van der Waals surface area contributed by atoms with Crippen LogP contribution in [0.25, 0.3) is 0 Å². The van der Waals surface area contributed by atoms with E-state index in [1.807, 2.05) is 29.2 Å². The van der Waals surface area contributed by atoms with Crippen molar-refractivity contribution in [2.24, 2.45) is 0 Å². The maximum absolute atomic E-state index is 11.5. The molecule has 132 valence electrons. The van der Waals surface area contributed by atoms with Gasteiger partial charge in [-0.15, -0.1) is 0 Å². The molecule has 6 nitrogen and oxygen atoms in total. The molecule has 2 aliphatic heterocycles. The molecule has 0 unspecified atom stereocenters. The summed E-state index contributed by atoms with van der Waals surface area (Å²) in [4.78, 5) is 15.0. The van der Waals surface area contributed by atoms with E-state index in [0.717, 1.165) is 24.1 Å². The number of piperidine rings is 1. The highest BCUT2D eigenvalue weighted by Crippen LogP contribution is 2.51. The Bertz CT molecular complexity index is 916. The average molecular weight is 369 g/mol. The van der Waals surface area contributed by atoms with Gasteiger partial charge in [0.05, 0.1) is 4.92 Å². The topological polar surface area (TPSA) is 73.4 Å². The maximum atomic E-state index is 11.5. The summed E-state index contributed by atoms with van der Waals surface area (Å²) in [6, 6.07) is 12.6. The van der Waals surface area contributed by atoms with Crippen molar-refractivity contribution in [3.8, 4) is 6.19 Å². The van der Waals surface area contributed by atoms with Gasteiger partial charge >= 0.3 is 0 Å². The Morgan fingerprint density at radius 1 is 1.15 bits per heavy atom. The van der Waals surface area contributed by atoms with Crippen LogP contribution in [0.5, 0.6) is 0 Å². The normalized spacial score (nSPS) is 17.8. The average Bonchev–Trinajstić information content (AvgIpc) is 2.95. The Morgan fingerprint density at radius 2 is 1.88 bits per heavy atom. The number of halogens is 1. The fourth-order valence-electron chi connectivity index (χ4n) is 4.17. The van der Waals surface area contributed by atoms with Crippen molar-refractivity contribution in [2.45, 2.75) is 18.3 Å². The second kappa shape index (κ2) is 6.19. The first-order valence-electron chi connectivity index (χ1n) is 8.50. The molecule has 2 aliphatic rings. The molecular weight excluding hydrogens is 352 g/mol. The van der Waals surface area contributed by atoms with Crippen LogP contribution in [0.4, 0.5) is 17.1 Å². The van der Waals surface area contributed by atoms with Crippen LogP contribution in [-0.4, -0.2) is 29.5 Å². The summed E-state index contributed by atoms with van der Waals surface area (Å²) < 4.78 is 0. The largest absolute Gasteiger partial charge is 0.335 e. The van der Waals surface area contributed by atoms with Gasteiger partial charge in [-0.05, 0) is 36.6 Å². The number of para-hydroxylation sites is 2. The van der Waals surface area contributed by atoms with Crippen molar-refractivity contribution in [2.75, 3.05) is 24.5 Å². The Morgan fingerprint density at radius 3 is 2.58 bits per heavy atom. The zero-order valence-corrected chi connectivity index (χ0v) is 14.8. The first-order chi connectivity index (χ1) is 12.5. The highest BCUT2D eigenvalue weighted by atomic mass is 35.5. The minimum absolute atomic E-state index is 0.0879. The predicted molar refractivity (Wildman–Crippen MR) is 99.7 cm³/mol. The molecule has 1 spiro atoms. The van der Waals surface area contributed by atoms with Gasteiger partial charge < -0.3 is 9.80 Å². The summed E-state index contributed by atoms with van der Waals surface area (Å²) in [6.07, 6.45) is 3.90. The molecule has 0 aliphatic carbocycles. The molecule has 2 aromatic rings. The molecule has 7 heteroatoms. The molecule has 2 heterocycles. The Labute approximate surface area is 156 Å². The van der Waals surface area contributed by atoms with Gasteiger partial charge in [-0.25, -0.2) is 0 Å². The Kier molecular flexibility index (Phi) is 3.97. The molecule has 0 bridgehead atoms. The molecule has 1 saturated heterocycles. The predicted octanol–water partition coefficient (Wildman–Crippen LogP) is 4.21. The van der Waals surface area contributed by atoms with Crippen LogP contribution in [0, 0.1) is 21.6 Å². The lowest BCUT2D eigenvalue weighted by Gasteiger charge is -2.37. The quantitative estimate of drug-likeness (QED) is 0.451. The highest BCUT2D eigenvalue weighted by molar-refractivity contribution is 6.31. The third kappa shape index (κ3) is 2.56. The molecular formula is C19H17ClN4O2. The number of fused-ring (bicyclic) bond motifs is 2. The maximum Gasteiger partial charge on any atom is 0.292 e. The number of benzene rings is 2. The number of hydrogen-bond acceptors (Lipinski definition) is 5. The summed E-state index contributed by atoms with van der Waals surface area (Å²) in [5.41, 5.74) is 2.65. The fourth-order valence-corrected chi connectivity index (χ4v) is 4.34. The van der Waals surface area contributed by atoms with E-state index in [1.54, 1.807) is 17.0 Å². The van der Waals surface area contributed by atoms with Gasteiger partial charge in [-0.3, -0.25) is 10.1 Å². The monoisotopic (exact) mass is 368 g/mol. The van der Waals surface area contributed by atoms with Gasteiger partial charge in [0.15, 0.2) is 6.19 Å². The van der Waals surface area contributed by atoms with Crippen molar-refractivity contribution in [3.63, 3.8) is 0 Å². The number of nitro benzene ring substituents is 1. The minimum Gasteiger partial charge on any atom is -0.335 e. The molecule has 0 atom stereocenters. The minimum atomic E-state index is -0.344. The van der Waals surface area contributed by atoms with Gasteiger partial charge in [-0.2, -0.15) is 5.26 Å². The summed E-state index contributed by atoms with van der Waals surface area (Å²) in [5.74, 6) is 0.